The van der Waals surface area contributed by atoms with Gasteiger partial charge in [-0.3, -0.25) is 0 Å². The number of benzene rings is 1. The van der Waals surface area contributed by atoms with Gasteiger partial charge in [0.15, 0.2) is 0 Å². The van der Waals surface area contributed by atoms with Crippen LogP contribution in [0.5, 0.6) is 0 Å². The highest BCUT2D eigenvalue weighted by Gasteiger charge is 2.14. The lowest BCUT2D eigenvalue weighted by atomic mass is 10.3. The van der Waals surface area contributed by atoms with Crippen LogP contribution < -0.4 is 4.90 Å². The van der Waals surface area contributed by atoms with Gasteiger partial charge >= 0.3 is 0 Å². The highest BCUT2D eigenvalue weighted by molar-refractivity contribution is 9.10. The minimum absolute atomic E-state index is 0.658. The Morgan fingerprint density at radius 3 is 2.42 bits per heavy atom. The molecule has 0 aliphatic heterocycles. The molecule has 4 heteroatoms. The molecule has 0 saturated heterocycles. The number of hydrogen-bond acceptors (Lipinski definition) is 3. The van der Waals surface area contributed by atoms with E-state index in [1.165, 1.54) is 0 Å². The number of para-hydroxylation sites is 1. The van der Waals surface area contributed by atoms with Crippen molar-refractivity contribution < 1.29 is 0 Å². The lowest BCUT2D eigenvalue weighted by Gasteiger charge is -2.23. The van der Waals surface area contributed by atoms with E-state index in [1.807, 2.05) is 55.2 Å². The molecule has 1 heterocycles. The molecule has 98 valence electrons. The Kier molecular flexibility index (Phi) is 4.32. The molecule has 3 nitrogen and oxygen atoms in total. The summed E-state index contributed by atoms with van der Waals surface area (Å²) in [6.45, 7) is 8.42. The van der Waals surface area contributed by atoms with Crippen molar-refractivity contribution in [3.05, 3.63) is 58.8 Å². The molecule has 1 aromatic carbocycles. The fourth-order valence-corrected chi connectivity index (χ4v) is 2.41. The predicted molar refractivity (Wildman–Crippen MR) is 82.9 cm³/mol. The Morgan fingerprint density at radius 2 is 1.84 bits per heavy atom. The second-order valence-electron chi connectivity index (χ2n) is 4.30. The van der Waals surface area contributed by atoms with Gasteiger partial charge in [0.05, 0.1) is 5.69 Å². The standard InChI is InChI=1S/C15H16BrN3/c1-4-9-19(14-8-6-5-7-13(14)16)15-17-11(2)10-12(3)18-15/h4-8,10H,1,9H2,2-3H3. The summed E-state index contributed by atoms with van der Waals surface area (Å²) in [7, 11) is 0. The zero-order chi connectivity index (χ0) is 13.8. The zero-order valence-electron chi connectivity index (χ0n) is 11.1. The number of hydrogen-bond donors (Lipinski definition) is 0. The highest BCUT2D eigenvalue weighted by Crippen LogP contribution is 2.30. The first kappa shape index (κ1) is 13.7. The van der Waals surface area contributed by atoms with Crippen LogP contribution in [-0.2, 0) is 0 Å². The molecule has 0 N–H and O–H groups in total. The highest BCUT2D eigenvalue weighted by atomic mass is 79.9. The van der Waals surface area contributed by atoms with Crippen molar-refractivity contribution in [3.8, 4) is 0 Å². The van der Waals surface area contributed by atoms with E-state index in [0.29, 0.717) is 12.5 Å². The van der Waals surface area contributed by atoms with E-state index in [9.17, 15) is 0 Å². The van der Waals surface area contributed by atoms with Crippen LogP contribution in [0.25, 0.3) is 0 Å². The lowest BCUT2D eigenvalue weighted by molar-refractivity contribution is 0.949. The maximum absolute atomic E-state index is 4.52. The molecule has 1 aromatic heterocycles. The summed E-state index contributed by atoms with van der Waals surface area (Å²) in [6.07, 6.45) is 1.85. The van der Waals surface area contributed by atoms with E-state index >= 15 is 0 Å². The minimum atomic E-state index is 0.658. The summed E-state index contributed by atoms with van der Waals surface area (Å²) in [5.74, 6) is 0.698. The molecule has 0 aliphatic rings. The van der Waals surface area contributed by atoms with Crippen molar-refractivity contribution in [2.45, 2.75) is 13.8 Å². The molecule has 2 aromatic rings. The van der Waals surface area contributed by atoms with Gasteiger partial charge in [0.1, 0.15) is 0 Å². The van der Waals surface area contributed by atoms with Crippen molar-refractivity contribution in [2.24, 2.45) is 0 Å². The van der Waals surface area contributed by atoms with Crippen LogP contribution in [0.2, 0.25) is 0 Å². The van der Waals surface area contributed by atoms with E-state index in [0.717, 1.165) is 21.5 Å². The lowest BCUT2D eigenvalue weighted by Crippen LogP contribution is -2.20. The molecule has 0 radical (unpaired) electrons. The summed E-state index contributed by atoms with van der Waals surface area (Å²) in [5.41, 5.74) is 2.96. The third-order valence-corrected chi connectivity index (χ3v) is 3.34. The van der Waals surface area contributed by atoms with Gasteiger partial charge in [-0.1, -0.05) is 18.2 Å². The van der Waals surface area contributed by atoms with Crippen molar-refractivity contribution in [1.29, 1.82) is 0 Å². The number of halogens is 1. The van der Waals surface area contributed by atoms with Crippen LogP contribution in [0.15, 0.2) is 47.5 Å². The average Bonchev–Trinajstić information content (AvgIpc) is 2.36. The average molecular weight is 318 g/mol. The van der Waals surface area contributed by atoms with Gasteiger partial charge in [0.2, 0.25) is 5.95 Å². The van der Waals surface area contributed by atoms with Gasteiger partial charge in [-0.25, -0.2) is 9.97 Å². The first-order valence-electron chi connectivity index (χ1n) is 6.07. The monoisotopic (exact) mass is 317 g/mol. The Morgan fingerprint density at radius 1 is 1.21 bits per heavy atom. The van der Waals surface area contributed by atoms with Crippen molar-refractivity contribution in [1.82, 2.24) is 9.97 Å². The molecule has 0 spiro atoms. The summed E-state index contributed by atoms with van der Waals surface area (Å²) in [5, 5.41) is 0. The number of rotatable bonds is 4. The van der Waals surface area contributed by atoms with Gasteiger partial charge in [0, 0.05) is 22.4 Å². The molecule has 0 atom stereocenters. The van der Waals surface area contributed by atoms with Gasteiger partial charge in [-0.05, 0) is 48.0 Å². The molecule has 19 heavy (non-hydrogen) atoms. The first-order chi connectivity index (χ1) is 9.11. The number of nitrogens with zero attached hydrogens (tertiary/aromatic N) is 3. The second kappa shape index (κ2) is 5.97. The summed E-state index contributed by atoms with van der Waals surface area (Å²) >= 11 is 3.57. The topological polar surface area (TPSA) is 29.0 Å². The van der Waals surface area contributed by atoms with Crippen molar-refractivity contribution in [2.75, 3.05) is 11.4 Å². The molecule has 0 fully saturated rings. The van der Waals surface area contributed by atoms with E-state index in [-0.39, 0.29) is 0 Å². The third kappa shape index (κ3) is 3.20. The van der Waals surface area contributed by atoms with E-state index < -0.39 is 0 Å². The number of aryl methyl sites for hydroxylation is 2. The van der Waals surface area contributed by atoms with Gasteiger partial charge < -0.3 is 4.90 Å². The van der Waals surface area contributed by atoms with Crippen molar-refractivity contribution in [3.63, 3.8) is 0 Å². The quantitative estimate of drug-likeness (QED) is 0.792. The fraction of sp³-hybridized carbons (Fsp3) is 0.200. The number of anilines is 2. The summed E-state index contributed by atoms with van der Waals surface area (Å²) < 4.78 is 1.01. The normalized spacial score (nSPS) is 10.3. The van der Waals surface area contributed by atoms with Crippen LogP contribution in [-0.4, -0.2) is 16.5 Å². The SMILES string of the molecule is C=CCN(c1nc(C)cc(C)n1)c1ccccc1Br. The van der Waals surface area contributed by atoms with Gasteiger partial charge in [0.25, 0.3) is 0 Å². The van der Waals surface area contributed by atoms with Crippen LogP contribution in [0.4, 0.5) is 11.6 Å². The Hall–Kier alpha value is -1.68. The summed E-state index contributed by atoms with van der Waals surface area (Å²) in [6, 6.07) is 10.00. The molecule has 0 amide bonds. The zero-order valence-corrected chi connectivity index (χ0v) is 12.7. The van der Waals surface area contributed by atoms with E-state index in [2.05, 4.69) is 32.5 Å². The molecule has 0 unspecified atom stereocenters. The Balaban J connectivity index is 2.51. The molecule has 0 bridgehead atoms. The van der Waals surface area contributed by atoms with Gasteiger partial charge in [-0.2, -0.15) is 0 Å². The van der Waals surface area contributed by atoms with Gasteiger partial charge in [-0.15, -0.1) is 6.58 Å². The molecule has 2 rings (SSSR count). The fourth-order valence-electron chi connectivity index (χ4n) is 1.92. The first-order valence-corrected chi connectivity index (χ1v) is 6.86. The minimum Gasteiger partial charge on any atom is -0.306 e. The van der Waals surface area contributed by atoms with Crippen molar-refractivity contribution >= 4 is 27.6 Å². The molecular weight excluding hydrogens is 302 g/mol. The molecular formula is C15H16BrN3. The van der Waals surface area contributed by atoms with Crippen LogP contribution in [0.3, 0.4) is 0 Å². The maximum Gasteiger partial charge on any atom is 0.230 e. The van der Waals surface area contributed by atoms with Crippen LogP contribution in [0, 0.1) is 13.8 Å². The molecule has 0 aliphatic carbocycles. The largest absolute Gasteiger partial charge is 0.306 e. The van der Waals surface area contributed by atoms with E-state index in [4.69, 9.17) is 0 Å². The Bertz CT molecular complexity index is 575. The van der Waals surface area contributed by atoms with Crippen LogP contribution in [0.1, 0.15) is 11.4 Å². The summed E-state index contributed by atoms with van der Waals surface area (Å²) in [4.78, 5) is 11.1. The van der Waals surface area contributed by atoms with E-state index in [1.54, 1.807) is 0 Å². The number of aromatic nitrogens is 2. The smallest absolute Gasteiger partial charge is 0.230 e. The third-order valence-electron chi connectivity index (χ3n) is 2.67. The Labute approximate surface area is 122 Å². The molecule has 0 saturated carbocycles. The predicted octanol–water partition coefficient (Wildman–Crippen LogP) is 4.18. The van der Waals surface area contributed by atoms with Crippen LogP contribution >= 0.6 is 15.9 Å². The second-order valence-corrected chi connectivity index (χ2v) is 5.16. The maximum atomic E-state index is 4.52.